The molecule has 2 aromatic carbocycles. The van der Waals surface area contributed by atoms with Gasteiger partial charge < -0.3 is 10.4 Å². The highest BCUT2D eigenvalue weighted by Crippen LogP contribution is 2.20. The third-order valence-electron chi connectivity index (χ3n) is 3.74. The summed E-state index contributed by atoms with van der Waals surface area (Å²) in [5.74, 6) is 0. The van der Waals surface area contributed by atoms with Crippen molar-refractivity contribution >= 4 is 10.8 Å². The largest absolute Gasteiger partial charge is 0.387 e. The van der Waals surface area contributed by atoms with Gasteiger partial charge in [0, 0.05) is 12.6 Å². The lowest BCUT2D eigenvalue weighted by Gasteiger charge is -2.18. The van der Waals surface area contributed by atoms with Crippen molar-refractivity contribution in [2.24, 2.45) is 0 Å². The maximum atomic E-state index is 10.3. The van der Waals surface area contributed by atoms with Crippen LogP contribution in [-0.2, 0) is 0 Å². The van der Waals surface area contributed by atoms with Crippen LogP contribution in [0.2, 0.25) is 0 Å². The van der Waals surface area contributed by atoms with Crippen molar-refractivity contribution in [1.82, 2.24) is 5.32 Å². The van der Waals surface area contributed by atoms with E-state index in [1.165, 1.54) is 10.8 Å². The second-order valence-corrected chi connectivity index (χ2v) is 5.04. The summed E-state index contributed by atoms with van der Waals surface area (Å²) in [6, 6.07) is 14.9. The first-order valence-corrected chi connectivity index (χ1v) is 7.14. The molecule has 2 heteroatoms. The zero-order valence-corrected chi connectivity index (χ0v) is 11.8. The molecular weight excluding hydrogens is 234 g/mol. The summed E-state index contributed by atoms with van der Waals surface area (Å²) in [5, 5.41) is 16.1. The molecule has 0 saturated carbocycles. The van der Waals surface area contributed by atoms with Gasteiger partial charge >= 0.3 is 0 Å². The molecule has 2 nitrogen and oxygen atoms in total. The van der Waals surface area contributed by atoms with Crippen molar-refractivity contribution in [1.29, 1.82) is 0 Å². The highest BCUT2D eigenvalue weighted by molar-refractivity contribution is 5.83. The molecule has 2 N–H and O–H groups in total. The van der Waals surface area contributed by atoms with Crippen molar-refractivity contribution < 1.29 is 5.11 Å². The Labute approximate surface area is 115 Å². The minimum atomic E-state index is -0.440. The van der Waals surface area contributed by atoms with Crippen molar-refractivity contribution in [2.75, 3.05) is 6.54 Å². The molecule has 0 heterocycles. The first-order valence-electron chi connectivity index (χ1n) is 7.14. The molecular formula is C17H23NO. The molecule has 0 radical (unpaired) electrons. The maximum absolute atomic E-state index is 10.3. The third kappa shape index (κ3) is 3.55. The second-order valence-electron chi connectivity index (χ2n) is 5.04. The number of fused-ring (bicyclic) bond motifs is 1. The molecule has 1 unspecified atom stereocenters. The van der Waals surface area contributed by atoms with Crippen LogP contribution in [-0.4, -0.2) is 17.7 Å². The molecule has 0 bridgehead atoms. The van der Waals surface area contributed by atoms with E-state index in [1.807, 2.05) is 18.2 Å². The molecule has 2 aromatic rings. The third-order valence-corrected chi connectivity index (χ3v) is 3.74. The lowest BCUT2D eigenvalue weighted by molar-refractivity contribution is 0.169. The SMILES string of the molecule is CCC(CC)NCC(O)c1ccc2ccccc2c1. The zero-order chi connectivity index (χ0) is 13.7. The summed E-state index contributed by atoms with van der Waals surface area (Å²) >= 11 is 0. The van der Waals surface area contributed by atoms with E-state index in [0.29, 0.717) is 12.6 Å². The first-order chi connectivity index (χ1) is 9.24. The normalized spacial score (nSPS) is 13.1. The molecule has 0 aliphatic carbocycles. The minimum absolute atomic E-state index is 0.440. The van der Waals surface area contributed by atoms with E-state index in [-0.39, 0.29) is 0 Å². The van der Waals surface area contributed by atoms with Gasteiger partial charge in [-0.25, -0.2) is 0 Å². The van der Waals surface area contributed by atoms with Crippen LogP contribution in [0.15, 0.2) is 42.5 Å². The van der Waals surface area contributed by atoms with Gasteiger partial charge in [0.05, 0.1) is 6.10 Å². The summed E-state index contributed by atoms with van der Waals surface area (Å²) in [6.07, 6.45) is 1.76. The van der Waals surface area contributed by atoms with E-state index in [4.69, 9.17) is 0 Å². The van der Waals surface area contributed by atoms with E-state index in [0.717, 1.165) is 18.4 Å². The van der Waals surface area contributed by atoms with Crippen LogP contribution in [0.1, 0.15) is 38.4 Å². The van der Waals surface area contributed by atoms with Crippen LogP contribution in [0.3, 0.4) is 0 Å². The molecule has 2 rings (SSSR count). The average molecular weight is 257 g/mol. The molecule has 0 spiro atoms. The van der Waals surface area contributed by atoms with Crippen LogP contribution in [0, 0.1) is 0 Å². The van der Waals surface area contributed by atoms with Crippen molar-refractivity contribution in [3.63, 3.8) is 0 Å². The second kappa shape index (κ2) is 6.69. The number of hydrogen-bond acceptors (Lipinski definition) is 2. The van der Waals surface area contributed by atoms with Gasteiger partial charge in [-0.05, 0) is 35.2 Å². The molecule has 0 aliphatic rings. The smallest absolute Gasteiger partial charge is 0.0914 e. The minimum Gasteiger partial charge on any atom is -0.387 e. The monoisotopic (exact) mass is 257 g/mol. The van der Waals surface area contributed by atoms with Gasteiger partial charge in [-0.2, -0.15) is 0 Å². The van der Waals surface area contributed by atoms with Crippen LogP contribution >= 0.6 is 0 Å². The summed E-state index contributed by atoms with van der Waals surface area (Å²) in [7, 11) is 0. The summed E-state index contributed by atoms with van der Waals surface area (Å²) < 4.78 is 0. The molecule has 0 amide bonds. The number of benzene rings is 2. The fourth-order valence-electron chi connectivity index (χ4n) is 2.39. The predicted molar refractivity (Wildman–Crippen MR) is 81.3 cm³/mol. The van der Waals surface area contributed by atoms with Gasteiger partial charge in [0.25, 0.3) is 0 Å². The van der Waals surface area contributed by atoms with E-state index in [2.05, 4.69) is 43.4 Å². The molecule has 0 saturated heterocycles. The quantitative estimate of drug-likeness (QED) is 0.828. The Morgan fingerprint density at radius 2 is 1.68 bits per heavy atom. The zero-order valence-electron chi connectivity index (χ0n) is 11.8. The number of nitrogens with one attached hydrogen (secondary N) is 1. The number of aliphatic hydroxyl groups excluding tert-OH is 1. The Morgan fingerprint density at radius 3 is 2.37 bits per heavy atom. The van der Waals surface area contributed by atoms with Crippen molar-refractivity contribution in [3.05, 3.63) is 48.0 Å². The van der Waals surface area contributed by atoms with Crippen LogP contribution in [0.5, 0.6) is 0 Å². The summed E-state index contributed by atoms with van der Waals surface area (Å²) in [5.41, 5.74) is 0.983. The van der Waals surface area contributed by atoms with Crippen molar-refractivity contribution in [3.8, 4) is 0 Å². The topological polar surface area (TPSA) is 32.3 Å². The predicted octanol–water partition coefficient (Wildman–Crippen LogP) is 3.65. The van der Waals surface area contributed by atoms with Crippen LogP contribution < -0.4 is 5.32 Å². The van der Waals surface area contributed by atoms with Crippen LogP contribution in [0.4, 0.5) is 0 Å². The first kappa shape index (κ1) is 14.0. The average Bonchev–Trinajstić information content (AvgIpc) is 2.47. The van der Waals surface area contributed by atoms with Gasteiger partial charge in [-0.1, -0.05) is 50.2 Å². The standard InChI is InChI=1S/C17H23NO/c1-3-16(4-2)18-12-17(19)15-10-9-13-7-5-6-8-14(13)11-15/h5-11,16-19H,3-4,12H2,1-2H3. The molecule has 0 aliphatic heterocycles. The van der Waals surface area contributed by atoms with Gasteiger partial charge in [0.15, 0.2) is 0 Å². The highest BCUT2D eigenvalue weighted by atomic mass is 16.3. The van der Waals surface area contributed by atoms with Gasteiger partial charge in [0.1, 0.15) is 0 Å². The molecule has 19 heavy (non-hydrogen) atoms. The molecule has 0 fully saturated rings. The van der Waals surface area contributed by atoms with E-state index >= 15 is 0 Å². The Kier molecular flexibility index (Phi) is 4.94. The number of hydrogen-bond donors (Lipinski definition) is 2. The Bertz CT molecular complexity index is 519. The van der Waals surface area contributed by atoms with Crippen LogP contribution in [0.25, 0.3) is 10.8 Å². The molecule has 0 aromatic heterocycles. The Balaban J connectivity index is 2.06. The maximum Gasteiger partial charge on any atom is 0.0914 e. The van der Waals surface area contributed by atoms with Gasteiger partial charge in [-0.3, -0.25) is 0 Å². The van der Waals surface area contributed by atoms with Crippen molar-refractivity contribution in [2.45, 2.75) is 38.8 Å². The van der Waals surface area contributed by atoms with E-state index < -0.39 is 6.10 Å². The van der Waals surface area contributed by atoms with E-state index in [1.54, 1.807) is 0 Å². The summed E-state index contributed by atoms with van der Waals surface area (Å²) in [4.78, 5) is 0. The Morgan fingerprint density at radius 1 is 1.00 bits per heavy atom. The molecule has 1 atom stereocenters. The van der Waals surface area contributed by atoms with E-state index in [9.17, 15) is 5.11 Å². The lowest BCUT2D eigenvalue weighted by atomic mass is 10.0. The Hall–Kier alpha value is -1.38. The molecule has 102 valence electrons. The number of aliphatic hydroxyl groups is 1. The van der Waals surface area contributed by atoms with Gasteiger partial charge in [-0.15, -0.1) is 0 Å². The fourth-order valence-corrected chi connectivity index (χ4v) is 2.39. The van der Waals surface area contributed by atoms with Gasteiger partial charge in [0.2, 0.25) is 0 Å². The highest BCUT2D eigenvalue weighted by Gasteiger charge is 2.10. The lowest BCUT2D eigenvalue weighted by Crippen LogP contribution is -2.31. The number of rotatable bonds is 6. The fraction of sp³-hybridized carbons (Fsp3) is 0.412. The summed E-state index contributed by atoms with van der Waals surface area (Å²) in [6.45, 7) is 4.96.